The largest absolute Gasteiger partial charge is 0.326 e. The Morgan fingerprint density at radius 2 is 2.17 bits per heavy atom. The molecule has 0 amide bonds. The average Bonchev–Trinajstić information content (AvgIpc) is 2.15. The highest BCUT2D eigenvalue weighted by Crippen LogP contribution is 2.05. The van der Waals surface area contributed by atoms with Crippen molar-refractivity contribution >= 4 is 0 Å². The minimum absolute atomic E-state index is 0.393. The molecule has 0 fully saturated rings. The van der Waals surface area contributed by atoms with Gasteiger partial charge in [0.15, 0.2) is 0 Å². The van der Waals surface area contributed by atoms with Gasteiger partial charge in [-0.3, -0.25) is 0 Å². The van der Waals surface area contributed by atoms with Crippen LogP contribution in [0, 0.1) is 0 Å². The van der Waals surface area contributed by atoms with E-state index < -0.39 is 0 Å². The Bertz CT molecular complexity index is 302. The zero-order chi connectivity index (χ0) is 8.81. The fraction of sp³-hybridized carbons (Fsp3) is 0.250. The fourth-order valence-corrected chi connectivity index (χ4v) is 0.968. The molecule has 0 spiro atoms. The van der Waals surface area contributed by atoms with E-state index in [1.54, 1.807) is 0 Å². The van der Waals surface area contributed by atoms with Crippen LogP contribution in [0.3, 0.4) is 0 Å². The van der Waals surface area contributed by atoms with Crippen molar-refractivity contribution in [3.63, 3.8) is 0 Å². The lowest BCUT2D eigenvalue weighted by atomic mass is 10.1. The second-order valence-electron chi connectivity index (χ2n) is 2.41. The van der Waals surface area contributed by atoms with Crippen LogP contribution in [0.4, 0.5) is 0 Å². The lowest BCUT2D eigenvalue weighted by Gasteiger charge is -1.98. The first kappa shape index (κ1) is 8.59. The standard InChI is InChI=1S/C8H10N4/c9-5-7-2-1-3-8(4-7)6-11-12-10/h1-4H,5-6,9H2. The minimum Gasteiger partial charge on any atom is -0.326 e. The van der Waals surface area contributed by atoms with Crippen LogP contribution in [0.1, 0.15) is 11.1 Å². The van der Waals surface area contributed by atoms with Crippen molar-refractivity contribution in [2.24, 2.45) is 10.8 Å². The van der Waals surface area contributed by atoms with E-state index in [0.717, 1.165) is 11.1 Å². The Morgan fingerprint density at radius 3 is 2.83 bits per heavy atom. The Kier molecular flexibility index (Phi) is 3.14. The van der Waals surface area contributed by atoms with Crippen LogP contribution in [-0.4, -0.2) is 0 Å². The average molecular weight is 162 g/mol. The number of benzene rings is 1. The summed E-state index contributed by atoms with van der Waals surface area (Å²) in [4.78, 5) is 2.68. The monoisotopic (exact) mass is 162 g/mol. The molecule has 4 heteroatoms. The molecule has 0 aliphatic heterocycles. The number of hydrogen-bond donors (Lipinski definition) is 1. The van der Waals surface area contributed by atoms with Gasteiger partial charge in [-0.05, 0) is 16.7 Å². The van der Waals surface area contributed by atoms with Gasteiger partial charge in [0, 0.05) is 11.5 Å². The first-order valence-corrected chi connectivity index (χ1v) is 3.65. The molecule has 12 heavy (non-hydrogen) atoms. The van der Waals surface area contributed by atoms with Gasteiger partial charge in [0.1, 0.15) is 0 Å². The van der Waals surface area contributed by atoms with Gasteiger partial charge >= 0.3 is 0 Å². The van der Waals surface area contributed by atoms with E-state index in [-0.39, 0.29) is 0 Å². The Morgan fingerprint density at radius 1 is 1.42 bits per heavy atom. The zero-order valence-electron chi connectivity index (χ0n) is 6.64. The topological polar surface area (TPSA) is 74.8 Å². The maximum Gasteiger partial charge on any atom is 0.0510 e. The second-order valence-corrected chi connectivity index (χ2v) is 2.41. The van der Waals surface area contributed by atoms with Crippen LogP contribution in [0.15, 0.2) is 29.4 Å². The Labute approximate surface area is 70.6 Å². The van der Waals surface area contributed by atoms with Gasteiger partial charge in [0.2, 0.25) is 0 Å². The van der Waals surface area contributed by atoms with Crippen molar-refractivity contribution in [2.45, 2.75) is 13.1 Å². The predicted octanol–water partition coefficient (Wildman–Crippen LogP) is 1.96. The molecule has 1 aromatic rings. The molecule has 0 radical (unpaired) electrons. The van der Waals surface area contributed by atoms with Gasteiger partial charge < -0.3 is 5.73 Å². The van der Waals surface area contributed by atoms with E-state index in [4.69, 9.17) is 11.3 Å². The molecule has 0 aliphatic carbocycles. The lowest BCUT2D eigenvalue weighted by Crippen LogP contribution is -1.96. The number of nitrogens with two attached hydrogens (primary N) is 1. The molecular formula is C8H10N4. The third-order valence-corrected chi connectivity index (χ3v) is 1.54. The van der Waals surface area contributed by atoms with Crippen molar-refractivity contribution in [3.8, 4) is 0 Å². The first-order valence-electron chi connectivity index (χ1n) is 3.65. The number of azide groups is 1. The molecule has 0 saturated heterocycles. The molecule has 1 rings (SSSR count). The number of hydrogen-bond acceptors (Lipinski definition) is 2. The van der Waals surface area contributed by atoms with E-state index in [1.807, 2.05) is 24.3 Å². The van der Waals surface area contributed by atoms with Crippen molar-refractivity contribution in [1.82, 2.24) is 0 Å². The SMILES string of the molecule is [N-]=[N+]=NCc1cccc(CN)c1. The Balaban J connectivity index is 2.78. The van der Waals surface area contributed by atoms with Crippen LogP contribution in [-0.2, 0) is 13.1 Å². The number of nitrogens with zero attached hydrogens (tertiary/aromatic N) is 3. The van der Waals surface area contributed by atoms with Crippen molar-refractivity contribution in [2.75, 3.05) is 0 Å². The molecule has 0 unspecified atom stereocenters. The van der Waals surface area contributed by atoms with Crippen LogP contribution in [0.2, 0.25) is 0 Å². The summed E-state index contributed by atoms with van der Waals surface area (Å²) >= 11 is 0. The molecule has 0 saturated carbocycles. The molecule has 2 N–H and O–H groups in total. The fourth-order valence-electron chi connectivity index (χ4n) is 0.968. The van der Waals surface area contributed by atoms with E-state index >= 15 is 0 Å². The predicted molar refractivity (Wildman–Crippen MR) is 47.2 cm³/mol. The smallest absolute Gasteiger partial charge is 0.0510 e. The maximum atomic E-state index is 8.09. The van der Waals surface area contributed by atoms with Gasteiger partial charge in [0.25, 0.3) is 0 Å². The third-order valence-electron chi connectivity index (χ3n) is 1.54. The van der Waals surface area contributed by atoms with Crippen LogP contribution >= 0.6 is 0 Å². The van der Waals surface area contributed by atoms with Gasteiger partial charge in [-0.15, -0.1) is 0 Å². The van der Waals surface area contributed by atoms with Crippen molar-refractivity contribution in [1.29, 1.82) is 0 Å². The van der Waals surface area contributed by atoms with Crippen molar-refractivity contribution < 1.29 is 0 Å². The highest BCUT2D eigenvalue weighted by Gasteiger charge is 1.91. The van der Waals surface area contributed by atoms with Gasteiger partial charge in [-0.2, -0.15) is 0 Å². The maximum absolute atomic E-state index is 8.09. The molecular weight excluding hydrogens is 152 g/mol. The highest BCUT2D eigenvalue weighted by atomic mass is 15.1. The molecule has 4 nitrogen and oxygen atoms in total. The summed E-state index contributed by atoms with van der Waals surface area (Å²) in [5.74, 6) is 0. The molecule has 0 heterocycles. The van der Waals surface area contributed by atoms with Crippen molar-refractivity contribution in [3.05, 3.63) is 45.8 Å². The molecule has 0 bridgehead atoms. The van der Waals surface area contributed by atoms with E-state index in [9.17, 15) is 0 Å². The van der Waals surface area contributed by atoms with E-state index in [1.165, 1.54) is 0 Å². The van der Waals surface area contributed by atoms with Gasteiger partial charge in [-0.25, -0.2) is 0 Å². The Hall–Kier alpha value is -1.51. The lowest BCUT2D eigenvalue weighted by molar-refractivity contribution is 1.01. The molecule has 0 aromatic heterocycles. The summed E-state index contributed by atoms with van der Waals surface area (Å²) in [5, 5.41) is 3.46. The second kappa shape index (κ2) is 4.38. The minimum atomic E-state index is 0.393. The summed E-state index contributed by atoms with van der Waals surface area (Å²) in [5.41, 5.74) is 15.6. The van der Waals surface area contributed by atoms with Gasteiger partial charge in [0.05, 0.1) is 6.54 Å². The zero-order valence-corrected chi connectivity index (χ0v) is 6.64. The highest BCUT2D eigenvalue weighted by molar-refractivity contribution is 5.23. The first-order chi connectivity index (χ1) is 5.86. The summed E-state index contributed by atoms with van der Waals surface area (Å²) in [6.07, 6.45) is 0. The molecule has 1 aromatic carbocycles. The van der Waals surface area contributed by atoms with Crippen LogP contribution < -0.4 is 5.73 Å². The van der Waals surface area contributed by atoms with Crippen LogP contribution in [0.25, 0.3) is 10.4 Å². The summed E-state index contributed by atoms with van der Waals surface area (Å²) in [6.45, 7) is 0.911. The number of rotatable bonds is 3. The normalized spacial score (nSPS) is 9.08. The summed E-state index contributed by atoms with van der Waals surface area (Å²) < 4.78 is 0. The molecule has 62 valence electrons. The quantitative estimate of drug-likeness (QED) is 0.411. The third kappa shape index (κ3) is 2.27. The molecule has 0 atom stereocenters. The molecule has 0 aliphatic rings. The van der Waals surface area contributed by atoms with E-state index in [0.29, 0.717) is 13.1 Å². The summed E-state index contributed by atoms with van der Waals surface area (Å²) in [7, 11) is 0. The van der Waals surface area contributed by atoms with E-state index in [2.05, 4.69) is 10.0 Å². The van der Waals surface area contributed by atoms with Gasteiger partial charge in [-0.1, -0.05) is 29.4 Å². The van der Waals surface area contributed by atoms with Crippen LogP contribution in [0.5, 0.6) is 0 Å². The summed E-state index contributed by atoms with van der Waals surface area (Å²) in [6, 6.07) is 7.70.